The first kappa shape index (κ1) is 18.1. The average molecular weight is 357 g/mol. The second-order valence-electron chi connectivity index (χ2n) is 6.70. The molecule has 2 aromatic heterocycles. The highest BCUT2D eigenvalue weighted by Gasteiger charge is 2.38. The molecule has 0 bridgehead atoms. The maximum atomic E-state index is 12.7. The second-order valence-corrected chi connectivity index (χ2v) is 6.70. The van der Waals surface area contributed by atoms with Crippen LogP contribution >= 0.6 is 0 Å². The van der Waals surface area contributed by atoms with E-state index in [1.807, 2.05) is 25.4 Å². The lowest BCUT2D eigenvalue weighted by Crippen LogP contribution is -2.54. The molecule has 1 fully saturated rings. The van der Waals surface area contributed by atoms with E-state index in [2.05, 4.69) is 9.88 Å². The highest BCUT2D eigenvalue weighted by molar-refractivity contribution is 5.97. The van der Waals surface area contributed by atoms with Gasteiger partial charge in [0.05, 0.1) is 11.8 Å². The summed E-state index contributed by atoms with van der Waals surface area (Å²) >= 11 is 0. The number of rotatable bonds is 5. The Morgan fingerprint density at radius 1 is 1.42 bits per heavy atom. The van der Waals surface area contributed by atoms with Crippen molar-refractivity contribution in [2.45, 2.75) is 38.4 Å². The molecule has 1 N–H and O–H groups in total. The average Bonchev–Trinajstić information content (AvgIpc) is 3.07. The Bertz CT molecular complexity index is 774. The van der Waals surface area contributed by atoms with Gasteiger partial charge in [-0.05, 0) is 44.5 Å². The van der Waals surface area contributed by atoms with Crippen LogP contribution in [0.15, 0.2) is 41.3 Å². The van der Waals surface area contributed by atoms with Crippen LogP contribution < -0.4 is 0 Å². The minimum absolute atomic E-state index is 0.0887. The molecule has 2 aromatic rings. The van der Waals surface area contributed by atoms with Crippen molar-refractivity contribution in [2.24, 2.45) is 0 Å². The van der Waals surface area contributed by atoms with Gasteiger partial charge in [0.2, 0.25) is 0 Å². The van der Waals surface area contributed by atoms with Gasteiger partial charge in [-0.2, -0.15) is 0 Å². The van der Waals surface area contributed by atoms with E-state index in [9.17, 15) is 14.7 Å². The largest absolute Gasteiger partial charge is 0.480 e. The number of amides is 1. The molecule has 0 aromatic carbocycles. The maximum Gasteiger partial charge on any atom is 0.326 e. The molecule has 1 amide bonds. The van der Waals surface area contributed by atoms with Gasteiger partial charge in [0.15, 0.2) is 0 Å². The second kappa shape index (κ2) is 7.70. The van der Waals surface area contributed by atoms with Gasteiger partial charge < -0.3 is 14.4 Å². The molecule has 0 unspecified atom stereocenters. The number of carbonyl (C=O) groups excluding carboxylic acids is 1. The highest BCUT2D eigenvalue weighted by atomic mass is 16.4. The number of hydrogen-bond donors (Lipinski definition) is 1. The lowest BCUT2D eigenvalue weighted by Gasteiger charge is -2.40. The number of carboxylic acid groups (broad SMARTS) is 1. The molecule has 0 saturated carbocycles. The van der Waals surface area contributed by atoms with Crippen LogP contribution in [0.2, 0.25) is 0 Å². The van der Waals surface area contributed by atoms with E-state index in [1.54, 1.807) is 19.2 Å². The number of piperidine rings is 1. The van der Waals surface area contributed by atoms with Gasteiger partial charge in [-0.25, -0.2) is 4.79 Å². The number of furan rings is 1. The van der Waals surface area contributed by atoms with Crippen molar-refractivity contribution in [1.29, 1.82) is 0 Å². The fraction of sp³-hybridized carbons (Fsp3) is 0.421. The molecule has 0 spiro atoms. The third kappa shape index (κ3) is 3.77. The molecule has 1 aliphatic rings. The molecule has 26 heavy (non-hydrogen) atoms. The molecule has 1 aliphatic heterocycles. The van der Waals surface area contributed by atoms with Crippen molar-refractivity contribution in [3.8, 4) is 0 Å². The van der Waals surface area contributed by atoms with Crippen LogP contribution in [0.5, 0.6) is 0 Å². The van der Waals surface area contributed by atoms with Gasteiger partial charge in [-0.3, -0.25) is 14.7 Å². The summed E-state index contributed by atoms with van der Waals surface area (Å²) in [4.78, 5) is 32.3. The summed E-state index contributed by atoms with van der Waals surface area (Å²) in [6.45, 7) is 2.81. The Morgan fingerprint density at radius 2 is 2.23 bits per heavy atom. The predicted octanol–water partition coefficient (Wildman–Crippen LogP) is 2.17. The van der Waals surface area contributed by atoms with E-state index in [1.165, 1.54) is 11.2 Å². The van der Waals surface area contributed by atoms with Gasteiger partial charge in [0.1, 0.15) is 11.8 Å². The van der Waals surface area contributed by atoms with Crippen LogP contribution in [0.25, 0.3) is 0 Å². The van der Waals surface area contributed by atoms with Crippen molar-refractivity contribution >= 4 is 11.9 Å². The number of aliphatic carboxylic acids is 1. The predicted molar refractivity (Wildman–Crippen MR) is 94.6 cm³/mol. The first-order valence-electron chi connectivity index (χ1n) is 8.64. The first-order valence-corrected chi connectivity index (χ1v) is 8.64. The highest BCUT2D eigenvalue weighted by Crippen LogP contribution is 2.25. The standard InChI is InChI=1S/C19H23N3O4/c1-13-16(6-9-26-13)18(23)22-8-5-15(10-17(22)19(24)25)21(2)12-14-4-3-7-20-11-14/h3-4,6-7,9,11,15,17H,5,8,10,12H2,1-2H3,(H,24,25)/t15-,17-/m1/s1. The smallest absolute Gasteiger partial charge is 0.326 e. The maximum absolute atomic E-state index is 12.7. The molecule has 7 nitrogen and oxygen atoms in total. The number of carboxylic acids is 1. The van der Waals surface area contributed by atoms with Crippen LogP contribution in [0.1, 0.15) is 34.5 Å². The minimum atomic E-state index is -0.973. The normalized spacial score (nSPS) is 20.3. The van der Waals surface area contributed by atoms with Crippen LogP contribution in [0.4, 0.5) is 0 Å². The minimum Gasteiger partial charge on any atom is -0.480 e. The number of likely N-dealkylation sites (tertiary alicyclic amines) is 1. The third-order valence-corrected chi connectivity index (χ3v) is 4.99. The third-order valence-electron chi connectivity index (χ3n) is 4.99. The van der Waals surface area contributed by atoms with Crippen molar-refractivity contribution in [2.75, 3.05) is 13.6 Å². The number of nitrogens with zero attached hydrogens (tertiary/aromatic N) is 3. The molecule has 0 radical (unpaired) electrons. The zero-order chi connectivity index (χ0) is 18.7. The molecule has 1 saturated heterocycles. The summed E-state index contributed by atoms with van der Waals surface area (Å²) in [5, 5.41) is 9.67. The van der Waals surface area contributed by atoms with Crippen molar-refractivity contribution < 1.29 is 19.1 Å². The van der Waals surface area contributed by atoms with Gasteiger partial charge in [0, 0.05) is 31.5 Å². The first-order chi connectivity index (χ1) is 12.5. The zero-order valence-corrected chi connectivity index (χ0v) is 15.0. The lowest BCUT2D eigenvalue weighted by molar-refractivity contribution is -0.144. The van der Waals surface area contributed by atoms with Gasteiger partial charge in [-0.1, -0.05) is 6.07 Å². The van der Waals surface area contributed by atoms with Gasteiger partial charge in [0.25, 0.3) is 5.91 Å². The number of pyridine rings is 1. The van der Waals surface area contributed by atoms with E-state index in [0.29, 0.717) is 30.8 Å². The van der Waals surface area contributed by atoms with E-state index >= 15 is 0 Å². The van der Waals surface area contributed by atoms with Gasteiger partial charge >= 0.3 is 5.97 Å². The molecule has 3 heterocycles. The number of aromatic nitrogens is 1. The molecule has 138 valence electrons. The lowest BCUT2D eigenvalue weighted by atomic mass is 9.95. The van der Waals surface area contributed by atoms with Crippen LogP contribution in [0.3, 0.4) is 0 Å². The Labute approximate surface area is 152 Å². The summed E-state index contributed by atoms with van der Waals surface area (Å²) in [6.07, 6.45) is 6.11. The van der Waals surface area contributed by atoms with Crippen molar-refractivity contribution in [3.63, 3.8) is 0 Å². The van der Waals surface area contributed by atoms with E-state index in [4.69, 9.17) is 4.42 Å². The monoisotopic (exact) mass is 357 g/mol. The summed E-state index contributed by atoms with van der Waals surface area (Å²) in [7, 11) is 1.98. The van der Waals surface area contributed by atoms with E-state index in [0.717, 1.165) is 12.0 Å². The quantitative estimate of drug-likeness (QED) is 0.882. The Hall–Kier alpha value is -2.67. The fourth-order valence-corrected chi connectivity index (χ4v) is 3.49. The van der Waals surface area contributed by atoms with E-state index in [-0.39, 0.29) is 11.9 Å². The fourth-order valence-electron chi connectivity index (χ4n) is 3.49. The molecule has 2 atom stereocenters. The summed E-state index contributed by atoms with van der Waals surface area (Å²) in [5.74, 6) is -0.744. The summed E-state index contributed by atoms with van der Waals surface area (Å²) in [6, 6.07) is 4.73. The van der Waals surface area contributed by atoms with Crippen molar-refractivity contribution in [1.82, 2.24) is 14.8 Å². The van der Waals surface area contributed by atoms with Crippen LogP contribution in [-0.2, 0) is 11.3 Å². The Morgan fingerprint density at radius 3 is 2.85 bits per heavy atom. The summed E-state index contributed by atoms with van der Waals surface area (Å²) < 4.78 is 5.19. The molecule has 0 aliphatic carbocycles. The van der Waals surface area contributed by atoms with E-state index < -0.39 is 12.0 Å². The molecular formula is C19H23N3O4. The Kier molecular flexibility index (Phi) is 5.37. The molecule has 3 rings (SSSR count). The number of aryl methyl sites for hydroxylation is 1. The number of carbonyl (C=O) groups is 2. The molecular weight excluding hydrogens is 334 g/mol. The van der Waals surface area contributed by atoms with Gasteiger partial charge in [-0.15, -0.1) is 0 Å². The zero-order valence-electron chi connectivity index (χ0n) is 15.0. The molecule has 7 heteroatoms. The van der Waals surface area contributed by atoms with Crippen molar-refractivity contribution in [3.05, 3.63) is 53.7 Å². The Balaban J connectivity index is 1.71. The summed E-state index contributed by atoms with van der Waals surface area (Å²) in [5.41, 5.74) is 1.51. The SMILES string of the molecule is Cc1occc1C(=O)N1CC[C@@H](N(C)Cc2cccnc2)C[C@@H]1C(=O)O. The van der Waals surface area contributed by atoms with Crippen LogP contribution in [0, 0.1) is 6.92 Å². The number of hydrogen-bond acceptors (Lipinski definition) is 5. The van der Waals surface area contributed by atoms with Crippen LogP contribution in [-0.4, -0.2) is 57.4 Å². The topological polar surface area (TPSA) is 86.9 Å².